The maximum atomic E-state index is 5.81. The fourth-order valence-electron chi connectivity index (χ4n) is 1.72. The summed E-state index contributed by atoms with van der Waals surface area (Å²) in [7, 11) is 2.06. The van der Waals surface area contributed by atoms with Crippen LogP contribution in [0.25, 0.3) is 0 Å². The van der Waals surface area contributed by atoms with E-state index in [-0.39, 0.29) is 18.1 Å². The Morgan fingerprint density at radius 2 is 2.24 bits per heavy atom. The Morgan fingerprint density at radius 3 is 2.88 bits per heavy atom. The molecule has 17 heavy (non-hydrogen) atoms. The van der Waals surface area contributed by atoms with Crippen molar-refractivity contribution in [1.29, 1.82) is 0 Å². The molecule has 1 aliphatic heterocycles. The van der Waals surface area contributed by atoms with Crippen LogP contribution in [0.3, 0.4) is 0 Å². The molecule has 0 aliphatic carbocycles. The molecule has 1 aromatic rings. The highest BCUT2D eigenvalue weighted by Crippen LogP contribution is 2.22. The van der Waals surface area contributed by atoms with Crippen LogP contribution >= 0.6 is 0 Å². The minimum absolute atomic E-state index is 0.00162. The summed E-state index contributed by atoms with van der Waals surface area (Å²) in [6, 6.07) is -0.00162. The van der Waals surface area contributed by atoms with Gasteiger partial charge in [-0.15, -0.1) is 0 Å². The van der Waals surface area contributed by atoms with E-state index >= 15 is 0 Å². The molecule has 3 atom stereocenters. The topological polar surface area (TPSA) is 77.4 Å². The number of nitrogens with zero attached hydrogens (tertiary/aromatic N) is 3. The number of rotatable bonds is 3. The van der Waals surface area contributed by atoms with E-state index in [0.717, 1.165) is 13.1 Å². The first-order valence-corrected chi connectivity index (χ1v) is 5.97. The van der Waals surface area contributed by atoms with E-state index in [1.165, 1.54) is 0 Å². The van der Waals surface area contributed by atoms with Crippen LogP contribution < -0.4 is 5.73 Å². The predicted octanol–water partition coefficient (Wildman–Crippen LogP) is 0.523. The van der Waals surface area contributed by atoms with Gasteiger partial charge in [-0.25, -0.2) is 0 Å². The van der Waals surface area contributed by atoms with E-state index < -0.39 is 0 Å². The molecule has 2 N–H and O–H groups in total. The number of nitrogens with two attached hydrogens (primary N) is 1. The van der Waals surface area contributed by atoms with Crippen LogP contribution in [0.15, 0.2) is 4.52 Å². The van der Waals surface area contributed by atoms with Gasteiger partial charge in [-0.3, -0.25) is 0 Å². The van der Waals surface area contributed by atoms with E-state index in [2.05, 4.69) is 22.1 Å². The molecule has 2 rings (SSSR count). The monoisotopic (exact) mass is 240 g/mol. The molecular formula is C11H20N4O2. The van der Waals surface area contributed by atoms with Crippen LogP contribution in [0, 0.1) is 0 Å². The summed E-state index contributed by atoms with van der Waals surface area (Å²) < 4.78 is 10.9. The summed E-state index contributed by atoms with van der Waals surface area (Å²) in [5.41, 5.74) is 5.81. The maximum absolute atomic E-state index is 5.81. The molecule has 6 heteroatoms. The molecule has 0 radical (unpaired) electrons. The van der Waals surface area contributed by atoms with Crippen LogP contribution in [-0.4, -0.2) is 47.8 Å². The molecule has 1 saturated heterocycles. The van der Waals surface area contributed by atoms with Crippen molar-refractivity contribution in [3.05, 3.63) is 11.7 Å². The predicted molar refractivity (Wildman–Crippen MR) is 62.6 cm³/mol. The van der Waals surface area contributed by atoms with Gasteiger partial charge in [0, 0.05) is 19.1 Å². The van der Waals surface area contributed by atoms with Crippen molar-refractivity contribution in [2.75, 3.05) is 26.7 Å². The van der Waals surface area contributed by atoms with Crippen molar-refractivity contribution in [2.24, 2.45) is 5.73 Å². The smallest absolute Gasteiger partial charge is 0.231 e. The number of likely N-dealkylation sites (N-methyl/N-ethyl adjacent to an activating group) is 1. The first kappa shape index (κ1) is 12.5. The number of ether oxygens (including phenoxy) is 1. The van der Waals surface area contributed by atoms with Crippen LogP contribution in [0.5, 0.6) is 0 Å². The summed E-state index contributed by atoms with van der Waals surface area (Å²) in [6.45, 7) is 6.35. The highest BCUT2D eigenvalue weighted by Gasteiger charge is 2.26. The second kappa shape index (κ2) is 5.12. The number of morpholine rings is 1. The third kappa shape index (κ3) is 2.83. The van der Waals surface area contributed by atoms with Gasteiger partial charge in [0.25, 0.3) is 0 Å². The summed E-state index contributed by atoms with van der Waals surface area (Å²) in [6.07, 6.45) is -0.0912. The van der Waals surface area contributed by atoms with E-state index in [4.69, 9.17) is 15.0 Å². The summed E-state index contributed by atoms with van der Waals surface area (Å²) in [5.74, 6) is 1.28. The highest BCUT2D eigenvalue weighted by atomic mass is 16.5. The fourth-order valence-corrected chi connectivity index (χ4v) is 1.72. The molecule has 0 spiro atoms. The van der Waals surface area contributed by atoms with Gasteiger partial charge in [-0.2, -0.15) is 4.98 Å². The van der Waals surface area contributed by atoms with Gasteiger partial charge < -0.3 is 19.9 Å². The second-order valence-electron chi connectivity index (χ2n) is 4.76. The van der Waals surface area contributed by atoms with Crippen molar-refractivity contribution in [2.45, 2.75) is 31.9 Å². The summed E-state index contributed by atoms with van der Waals surface area (Å²) >= 11 is 0. The van der Waals surface area contributed by atoms with Crippen molar-refractivity contribution in [1.82, 2.24) is 15.0 Å². The first-order chi connectivity index (χ1) is 8.08. The van der Waals surface area contributed by atoms with E-state index in [0.29, 0.717) is 18.3 Å². The van der Waals surface area contributed by atoms with Crippen LogP contribution in [-0.2, 0) is 4.74 Å². The molecular weight excluding hydrogens is 220 g/mol. The lowest BCUT2D eigenvalue weighted by atomic mass is 10.1. The van der Waals surface area contributed by atoms with Gasteiger partial charge in [-0.05, 0) is 14.0 Å². The molecule has 2 heterocycles. The largest absolute Gasteiger partial charge is 0.367 e. The van der Waals surface area contributed by atoms with Gasteiger partial charge in [0.15, 0.2) is 0 Å². The number of aromatic nitrogens is 2. The molecule has 3 unspecified atom stereocenters. The molecule has 1 aromatic heterocycles. The van der Waals surface area contributed by atoms with Crippen LogP contribution in [0.1, 0.15) is 37.6 Å². The van der Waals surface area contributed by atoms with Gasteiger partial charge in [-0.1, -0.05) is 12.1 Å². The van der Waals surface area contributed by atoms with Gasteiger partial charge in [0.2, 0.25) is 11.7 Å². The second-order valence-corrected chi connectivity index (χ2v) is 4.76. The molecule has 1 aliphatic rings. The zero-order chi connectivity index (χ0) is 12.4. The van der Waals surface area contributed by atoms with E-state index in [1.54, 1.807) is 0 Å². The Labute approximate surface area is 101 Å². The molecule has 0 saturated carbocycles. The van der Waals surface area contributed by atoms with Gasteiger partial charge in [0.1, 0.15) is 6.10 Å². The molecule has 0 bridgehead atoms. The van der Waals surface area contributed by atoms with Gasteiger partial charge >= 0.3 is 0 Å². The highest BCUT2D eigenvalue weighted by molar-refractivity contribution is 4.99. The van der Waals surface area contributed by atoms with Crippen LogP contribution in [0.2, 0.25) is 0 Å². The zero-order valence-electron chi connectivity index (χ0n) is 10.6. The maximum Gasteiger partial charge on any atom is 0.231 e. The molecule has 1 fully saturated rings. The summed E-state index contributed by atoms with van der Waals surface area (Å²) in [4.78, 5) is 6.57. The SMILES string of the molecule is CC(N)C(C)c1nc(C2CN(C)CCO2)no1. The van der Waals surface area contributed by atoms with E-state index in [9.17, 15) is 0 Å². The van der Waals surface area contributed by atoms with Crippen molar-refractivity contribution in [3.8, 4) is 0 Å². The Morgan fingerprint density at radius 1 is 1.47 bits per heavy atom. The van der Waals surface area contributed by atoms with Crippen molar-refractivity contribution < 1.29 is 9.26 Å². The normalized spacial score (nSPS) is 25.8. The third-order valence-electron chi connectivity index (χ3n) is 3.19. The molecule has 6 nitrogen and oxygen atoms in total. The summed E-state index contributed by atoms with van der Waals surface area (Å²) in [5, 5.41) is 3.98. The van der Waals surface area contributed by atoms with Crippen LogP contribution in [0.4, 0.5) is 0 Å². The average Bonchev–Trinajstić information content (AvgIpc) is 2.77. The zero-order valence-corrected chi connectivity index (χ0v) is 10.6. The fraction of sp³-hybridized carbons (Fsp3) is 0.818. The Bertz CT molecular complexity index is 366. The first-order valence-electron chi connectivity index (χ1n) is 5.97. The number of hydrogen-bond acceptors (Lipinski definition) is 6. The minimum atomic E-state index is -0.0912. The van der Waals surface area contributed by atoms with E-state index in [1.807, 2.05) is 13.8 Å². The Kier molecular flexibility index (Phi) is 3.76. The molecule has 0 amide bonds. The Hall–Kier alpha value is -0.980. The third-order valence-corrected chi connectivity index (χ3v) is 3.19. The minimum Gasteiger partial charge on any atom is -0.367 e. The molecule has 96 valence electrons. The average molecular weight is 240 g/mol. The van der Waals surface area contributed by atoms with Crippen molar-refractivity contribution in [3.63, 3.8) is 0 Å². The lowest BCUT2D eigenvalue weighted by Gasteiger charge is -2.27. The lowest BCUT2D eigenvalue weighted by Crippen LogP contribution is -2.35. The lowest BCUT2D eigenvalue weighted by molar-refractivity contribution is -0.0264. The molecule has 0 aromatic carbocycles. The number of hydrogen-bond donors (Lipinski definition) is 1. The van der Waals surface area contributed by atoms with Crippen molar-refractivity contribution >= 4 is 0 Å². The Balaban J connectivity index is 2.07. The standard InChI is InChI=1S/C11H20N4O2/c1-7(8(2)12)11-13-10(14-17-11)9-6-15(3)4-5-16-9/h7-9H,4-6,12H2,1-3H3. The quantitative estimate of drug-likeness (QED) is 0.830. The van der Waals surface area contributed by atoms with Gasteiger partial charge in [0.05, 0.1) is 12.5 Å².